The van der Waals surface area contributed by atoms with Crippen molar-refractivity contribution in [3.8, 4) is 11.3 Å². The van der Waals surface area contributed by atoms with Crippen molar-refractivity contribution >= 4 is 17.9 Å². The molecule has 0 saturated heterocycles. The van der Waals surface area contributed by atoms with Crippen LogP contribution < -0.4 is 0 Å². The Bertz CT molecular complexity index is 465. The van der Waals surface area contributed by atoms with Crippen molar-refractivity contribution in [1.82, 2.24) is 10.2 Å². The number of aromatic nitrogens is 2. The van der Waals surface area contributed by atoms with Crippen LogP contribution in [0.25, 0.3) is 11.3 Å². The molecule has 0 aliphatic heterocycles. The molecule has 4 heteroatoms. The molecule has 1 aromatic heterocycles. The summed E-state index contributed by atoms with van der Waals surface area (Å²) in [6.07, 6.45) is 0.665. The normalized spacial score (nSPS) is 9.93. The van der Waals surface area contributed by atoms with E-state index in [1.165, 1.54) is 0 Å². The van der Waals surface area contributed by atoms with Crippen molar-refractivity contribution in [1.29, 1.82) is 0 Å². The topological polar surface area (TPSA) is 42.9 Å². The first-order chi connectivity index (χ1) is 7.29. The Morgan fingerprint density at radius 3 is 2.27 bits per heavy atom. The van der Waals surface area contributed by atoms with Crippen molar-refractivity contribution in [3.63, 3.8) is 0 Å². The number of carbonyl (C=O) groups excluding carboxylic acids is 1. The molecule has 0 spiro atoms. The van der Waals surface area contributed by atoms with Crippen LogP contribution in [0.4, 0.5) is 0 Å². The highest BCUT2D eigenvalue weighted by Gasteiger charge is 2.00. The lowest BCUT2D eigenvalue weighted by atomic mass is 10.1. The van der Waals surface area contributed by atoms with E-state index in [0.29, 0.717) is 17.0 Å². The molecule has 0 radical (unpaired) electrons. The minimum atomic E-state index is 0.327. The molecule has 0 N–H and O–H groups in total. The average Bonchev–Trinajstić information content (AvgIpc) is 2.30. The zero-order valence-electron chi connectivity index (χ0n) is 7.72. The highest BCUT2D eigenvalue weighted by molar-refractivity contribution is 6.30. The van der Waals surface area contributed by atoms with Crippen LogP contribution in [0.15, 0.2) is 36.4 Å². The van der Waals surface area contributed by atoms with E-state index in [1.807, 2.05) is 12.1 Å². The summed E-state index contributed by atoms with van der Waals surface area (Å²) in [5.41, 5.74) is 1.97. The Morgan fingerprint density at radius 1 is 1.00 bits per heavy atom. The second-order valence-electron chi connectivity index (χ2n) is 2.97. The van der Waals surface area contributed by atoms with Crippen molar-refractivity contribution in [2.24, 2.45) is 0 Å². The molecule has 1 aromatic carbocycles. The van der Waals surface area contributed by atoms with E-state index in [9.17, 15) is 4.79 Å². The lowest BCUT2D eigenvalue weighted by molar-refractivity contribution is 0.111. The number of hydrogen-bond donors (Lipinski definition) is 0. The van der Waals surface area contributed by atoms with Crippen LogP contribution in [0.1, 0.15) is 10.5 Å². The van der Waals surface area contributed by atoms with Gasteiger partial charge in [0, 0.05) is 10.6 Å². The largest absolute Gasteiger partial charge is 0.296 e. The number of aldehydes is 1. The maximum atomic E-state index is 10.4. The Labute approximate surface area is 91.7 Å². The molecule has 0 bridgehead atoms. The molecule has 3 nitrogen and oxygen atoms in total. The molecule has 0 amide bonds. The first-order valence-corrected chi connectivity index (χ1v) is 4.72. The first kappa shape index (κ1) is 9.80. The van der Waals surface area contributed by atoms with Crippen molar-refractivity contribution in [2.75, 3.05) is 0 Å². The second-order valence-corrected chi connectivity index (χ2v) is 3.40. The van der Waals surface area contributed by atoms with Gasteiger partial charge in [0.05, 0.1) is 5.69 Å². The summed E-state index contributed by atoms with van der Waals surface area (Å²) in [4.78, 5) is 10.4. The smallest absolute Gasteiger partial charge is 0.170 e. The number of halogens is 1. The highest BCUT2D eigenvalue weighted by Crippen LogP contribution is 2.18. The van der Waals surface area contributed by atoms with Crippen molar-refractivity contribution in [3.05, 3.63) is 47.1 Å². The number of nitrogens with zero attached hydrogens (tertiary/aromatic N) is 2. The fraction of sp³-hybridized carbons (Fsp3) is 0. The van der Waals surface area contributed by atoms with Gasteiger partial charge in [-0.2, -0.15) is 0 Å². The maximum Gasteiger partial charge on any atom is 0.170 e. The number of hydrogen-bond acceptors (Lipinski definition) is 3. The third kappa shape index (κ3) is 2.19. The molecular weight excluding hydrogens is 212 g/mol. The van der Waals surface area contributed by atoms with Crippen LogP contribution in [0, 0.1) is 0 Å². The van der Waals surface area contributed by atoms with Gasteiger partial charge >= 0.3 is 0 Å². The van der Waals surface area contributed by atoms with Gasteiger partial charge in [-0.15, -0.1) is 10.2 Å². The molecule has 1 heterocycles. The molecular formula is C11H7ClN2O. The predicted octanol–water partition coefficient (Wildman–Crippen LogP) is 2.61. The lowest BCUT2D eigenvalue weighted by Gasteiger charge is -1.99. The van der Waals surface area contributed by atoms with Crippen LogP contribution in [-0.2, 0) is 0 Å². The van der Waals surface area contributed by atoms with Crippen LogP contribution in [0.2, 0.25) is 5.02 Å². The van der Waals surface area contributed by atoms with Gasteiger partial charge in [0.2, 0.25) is 0 Å². The Kier molecular flexibility index (Phi) is 2.74. The van der Waals surface area contributed by atoms with Gasteiger partial charge in [0.1, 0.15) is 5.69 Å². The summed E-state index contributed by atoms with van der Waals surface area (Å²) in [6, 6.07) is 10.7. The number of carbonyl (C=O) groups is 1. The molecule has 0 aliphatic rings. The van der Waals surface area contributed by atoms with Crippen LogP contribution in [0.5, 0.6) is 0 Å². The molecule has 0 atom stereocenters. The van der Waals surface area contributed by atoms with E-state index < -0.39 is 0 Å². The summed E-state index contributed by atoms with van der Waals surface area (Å²) in [7, 11) is 0. The van der Waals surface area contributed by atoms with Crippen LogP contribution >= 0.6 is 11.6 Å². The van der Waals surface area contributed by atoms with E-state index in [1.54, 1.807) is 24.3 Å². The zero-order chi connectivity index (χ0) is 10.7. The molecule has 15 heavy (non-hydrogen) atoms. The molecule has 2 rings (SSSR count). The summed E-state index contributed by atoms with van der Waals surface area (Å²) < 4.78 is 0. The van der Waals surface area contributed by atoms with Crippen LogP contribution in [-0.4, -0.2) is 16.5 Å². The summed E-state index contributed by atoms with van der Waals surface area (Å²) >= 11 is 5.76. The molecule has 0 fully saturated rings. The van der Waals surface area contributed by atoms with Gasteiger partial charge in [-0.3, -0.25) is 4.79 Å². The minimum Gasteiger partial charge on any atom is -0.296 e. The lowest BCUT2D eigenvalue weighted by Crippen LogP contribution is -1.92. The Balaban J connectivity index is 2.37. The van der Waals surface area contributed by atoms with Gasteiger partial charge in [0.25, 0.3) is 0 Å². The fourth-order valence-electron chi connectivity index (χ4n) is 1.18. The Hall–Kier alpha value is -1.74. The standard InChI is InChI=1S/C11H7ClN2O/c12-9-3-1-8(2-4-9)11-6-5-10(7-15)13-14-11/h1-7H. The average molecular weight is 219 g/mol. The third-order valence-corrected chi connectivity index (χ3v) is 2.20. The third-order valence-electron chi connectivity index (χ3n) is 1.95. The Morgan fingerprint density at radius 2 is 1.73 bits per heavy atom. The first-order valence-electron chi connectivity index (χ1n) is 4.34. The molecule has 0 saturated carbocycles. The molecule has 0 unspecified atom stereocenters. The zero-order valence-corrected chi connectivity index (χ0v) is 8.48. The molecule has 0 aliphatic carbocycles. The van der Waals surface area contributed by atoms with Gasteiger partial charge in [-0.25, -0.2) is 0 Å². The van der Waals surface area contributed by atoms with E-state index in [2.05, 4.69) is 10.2 Å². The minimum absolute atomic E-state index is 0.327. The quantitative estimate of drug-likeness (QED) is 0.728. The van der Waals surface area contributed by atoms with Crippen molar-refractivity contribution in [2.45, 2.75) is 0 Å². The number of benzene rings is 1. The summed E-state index contributed by atoms with van der Waals surface area (Å²) in [5, 5.41) is 8.35. The van der Waals surface area contributed by atoms with Gasteiger partial charge < -0.3 is 0 Å². The highest BCUT2D eigenvalue weighted by atomic mass is 35.5. The monoisotopic (exact) mass is 218 g/mol. The fourth-order valence-corrected chi connectivity index (χ4v) is 1.31. The predicted molar refractivity (Wildman–Crippen MR) is 57.9 cm³/mol. The van der Waals surface area contributed by atoms with E-state index in [0.717, 1.165) is 11.3 Å². The summed E-state index contributed by atoms with van der Waals surface area (Å²) in [6.45, 7) is 0. The molecule has 2 aromatic rings. The molecule has 74 valence electrons. The van der Waals surface area contributed by atoms with E-state index in [4.69, 9.17) is 11.6 Å². The van der Waals surface area contributed by atoms with Crippen molar-refractivity contribution < 1.29 is 4.79 Å². The van der Waals surface area contributed by atoms with Crippen LogP contribution in [0.3, 0.4) is 0 Å². The van der Waals surface area contributed by atoms with Gasteiger partial charge in [-0.1, -0.05) is 23.7 Å². The summed E-state index contributed by atoms with van der Waals surface area (Å²) in [5.74, 6) is 0. The van der Waals surface area contributed by atoms with E-state index in [-0.39, 0.29) is 0 Å². The van der Waals surface area contributed by atoms with Gasteiger partial charge in [0.15, 0.2) is 6.29 Å². The SMILES string of the molecule is O=Cc1ccc(-c2ccc(Cl)cc2)nn1. The maximum absolute atomic E-state index is 10.4. The number of rotatable bonds is 2. The van der Waals surface area contributed by atoms with Gasteiger partial charge in [-0.05, 0) is 24.3 Å². The second kappa shape index (κ2) is 4.19. The van der Waals surface area contributed by atoms with E-state index >= 15 is 0 Å².